The molecule has 0 heterocycles. The van der Waals surface area contributed by atoms with Gasteiger partial charge < -0.3 is 19.6 Å². The highest BCUT2D eigenvalue weighted by atomic mass is 31.2. The molecule has 0 saturated carbocycles. The maximum atomic E-state index is 10.4. The molecule has 0 aromatic heterocycles. The summed E-state index contributed by atoms with van der Waals surface area (Å²) in [5.74, 6) is -0.938. The van der Waals surface area contributed by atoms with Crippen LogP contribution in [-0.2, 0) is 18.6 Å². The third kappa shape index (κ3) is 7.64. The summed E-state index contributed by atoms with van der Waals surface area (Å²) in [7, 11) is -4.62. The van der Waals surface area contributed by atoms with Gasteiger partial charge in [0.2, 0.25) is 0 Å². The normalized spacial score (nSPS) is 11.2. The molecule has 0 rings (SSSR count). The molecule has 8 heteroatoms. The number of aliphatic hydroxyl groups is 1. The molecule has 0 fully saturated rings. The molecule has 0 aliphatic rings. The van der Waals surface area contributed by atoms with Crippen LogP contribution in [0.15, 0.2) is 0 Å². The molecular formula is C4H9O7P. The van der Waals surface area contributed by atoms with Crippen molar-refractivity contribution in [2.45, 2.75) is 0 Å². The standard InChI is InChI=1S/C4H9O7P/c5-1-2-10-4(6)3-11-12(7,8)9/h5H,1-3H2,(H2,7,8,9). The van der Waals surface area contributed by atoms with Gasteiger partial charge in [0.05, 0.1) is 6.61 Å². The second-order valence-electron chi connectivity index (χ2n) is 1.71. The molecule has 3 N–H and O–H groups in total. The van der Waals surface area contributed by atoms with E-state index in [1.54, 1.807) is 0 Å². The molecule has 0 unspecified atom stereocenters. The van der Waals surface area contributed by atoms with E-state index >= 15 is 0 Å². The lowest BCUT2D eigenvalue weighted by Crippen LogP contribution is -2.13. The van der Waals surface area contributed by atoms with Gasteiger partial charge in [0, 0.05) is 0 Å². The van der Waals surface area contributed by atoms with Crippen molar-refractivity contribution in [3.05, 3.63) is 0 Å². The third-order valence-corrected chi connectivity index (χ3v) is 1.17. The van der Waals surface area contributed by atoms with Gasteiger partial charge >= 0.3 is 13.8 Å². The van der Waals surface area contributed by atoms with Crippen molar-refractivity contribution in [3.63, 3.8) is 0 Å². The molecule has 0 atom stereocenters. The number of hydrogen-bond donors (Lipinski definition) is 3. The summed E-state index contributed by atoms with van der Waals surface area (Å²) in [5.41, 5.74) is 0. The van der Waals surface area contributed by atoms with E-state index in [1.807, 2.05) is 0 Å². The SMILES string of the molecule is O=C(COP(=O)(O)O)OCCO. The Hall–Kier alpha value is -0.460. The smallest absolute Gasteiger partial charge is 0.462 e. The van der Waals surface area contributed by atoms with E-state index in [0.29, 0.717) is 0 Å². The van der Waals surface area contributed by atoms with Crippen LogP contribution in [0.5, 0.6) is 0 Å². The zero-order chi connectivity index (χ0) is 9.61. The van der Waals surface area contributed by atoms with Crippen LogP contribution in [0, 0.1) is 0 Å². The molecular weight excluding hydrogens is 191 g/mol. The van der Waals surface area contributed by atoms with Crippen molar-refractivity contribution in [3.8, 4) is 0 Å². The van der Waals surface area contributed by atoms with Gasteiger partial charge in [-0.1, -0.05) is 0 Å². The van der Waals surface area contributed by atoms with E-state index in [1.165, 1.54) is 0 Å². The number of rotatable bonds is 5. The number of phosphoric ester groups is 1. The highest BCUT2D eigenvalue weighted by Crippen LogP contribution is 2.35. The van der Waals surface area contributed by atoms with E-state index in [9.17, 15) is 9.36 Å². The molecule has 0 saturated heterocycles. The first-order valence-corrected chi connectivity index (χ1v) is 4.45. The average molecular weight is 200 g/mol. The number of aliphatic hydroxyl groups excluding tert-OH is 1. The average Bonchev–Trinajstić information content (AvgIpc) is 1.95. The third-order valence-electron chi connectivity index (χ3n) is 0.705. The lowest BCUT2D eigenvalue weighted by Gasteiger charge is -2.04. The molecule has 0 aliphatic carbocycles. The fourth-order valence-corrected chi connectivity index (χ4v) is 0.612. The Kier molecular flexibility index (Phi) is 5.03. The second-order valence-corrected chi connectivity index (χ2v) is 2.95. The van der Waals surface area contributed by atoms with E-state index < -0.39 is 20.4 Å². The Bertz CT molecular complexity index is 184. The number of carbonyl (C=O) groups is 1. The summed E-state index contributed by atoms with van der Waals surface area (Å²) < 4.78 is 18.1. The highest BCUT2D eigenvalue weighted by molar-refractivity contribution is 7.46. The van der Waals surface area contributed by atoms with E-state index in [-0.39, 0.29) is 13.2 Å². The molecule has 0 aromatic carbocycles. The van der Waals surface area contributed by atoms with Crippen LogP contribution in [0.25, 0.3) is 0 Å². The summed E-state index contributed by atoms with van der Waals surface area (Å²) in [5, 5.41) is 8.17. The summed E-state index contributed by atoms with van der Waals surface area (Å²) in [6.45, 7) is -1.39. The maximum Gasteiger partial charge on any atom is 0.470 e. The van der Waals surface area contributed by atoms with Crippen LogP contribution in [0.4, 0.5) is 0 Å². The van der Waals surface area contributed by atoms with E-state index in [4.69, 9.17) is 14.9 Å². The Morgan fingerprint density at radius 3 is 2.42 bits per heavy atom. The minimum atomic E-state index is -4.62. The summed E-state index contributed by atoms with van der Waals surface area (Å²) in [6.07, 6.45) is 0. The van der Waals surface area contributed by atoms with Crippen molar-refractivity contribution < 1.29 is 33.5 Å². The maximum absolute atomic E-state index is 10.4. The topological polar surface area (TPSA) is 113 Å². The molecule has 0 spiro atoms. The van der Waals surface area contributed by atoms with Gasteiger partial charge in [0.15, 0.2) is 6.61 Å². The van der Waals surface area contributed by atoms with Gasteiger partial charge in [-0.05, 0) is 0 Å². The number of esters is 1. The highest BCUT2D eigenvalue weighted by Gasteiger charge is 2.16. The van der Waals surface area contributed by atoms with Crippen LogP contribution >= 0.6 is 7.82 Å². The van der Waals surface area contributed by atoms with Crippen LogP contribution in [0.1, 0.15) is 0 Å². The number of hydrogen-bond acceptors (Lipinski definition) is 5. The predicted octanol–water partition coefficient (Wildman–Crippen LogP) is -1.37. The molecule has 0 radical (unpaired) electrons. The molecule has 0 aromatic rings. The van der Waals surface area contributed by atoms with E-state index in [0.717, 1.165) is 0 Å². The van der Waals surface area contributed by atoms with Crippen LogP contribution in [0.2, 0.25) is 0 Å². The molecule has 7 nitrogen and oxygen atoms in total. The molecule has 0 bridgehead atoms. The van der Waals surface area contributed by atoms with Gasteiger partial charge in [-0.3, -0.25) is 4.52 Å². The van der Waals surface area contributed by atoms with Gasteiger partial charge in [-0.25, -0.2) is 9.36 Å². The van der Waals surface area contributed by atoms with Crippen molar-refractivity contribution in [2.24, 2.45) is 0 Å². The van der Waals surface area contributed by atoms with Crippen LogP contribution in [-0.4, -0.2) is 40.7 Å². The first kappa shape index (κ1) is 11.5. The largest absolute Gasteiger partial charge is 0.470 e. The zero-order valence-electron chi connectivity index (χ0n) is 6.04. The monoisotopic (exact) mass is 200 g/mol. The van der Waals surface area contributed by atoms with Crippen LogP contribution in [0.3, 0.4) is 0 Å². The van der Waals surface area contributed by atoms with Gasteiger partial charge in [-0.15, -0.1) is 0 Å². The number of ether oxygens (including phenoxy) is 1. The van der Waals surface area contributed by atoms with E-state index in [2.05, 4.69) is 9.26 Å². The van der Waals surface area contributed by atoms with Gasteiger partial charge in [-0.2, -0.15) is 0 Å². The number of carbonyl (C=O) groups excluding carboxylic acids is 1. The minimum Gasteiger partial charge on any atom is -0.462 e. The second kappa shape index (κ2) is 5.23. The lowest BCUT2D eigenvalue weighted by atomic mass is 10.7. The Morgan fingerprint density at radius 1 is 1.42 bits per heavy atom. The first-order chi connectivity index (χ1) is 5.45. The zero-order valence-corrected chi connectivity index (χ0v) is 6.94. The minimum absolute atomic E-state index is 0.219. The quantitative estimate of drug-likeness (QED) is 0.370. The summed E-state index contributed by atoms with van der Waals surface area (Å²) in [4.78, 5) is 26.7. The molecule has 12 heavy (non-hydrogen) atoms. The molecule has 0 amide bonds. The number of phosphoric acid groups is 1. The summed E-state index contributed by atoms with van der Waals surface area (Å²) >= 11 is 0. The van der Waals surface area contributed by atoms with Gasteiger partial charge in [0.25, 0.3) is 0 Å². The Morgan fingerprint density at radius 2 is 2.00 bits per heavy atom. The predicted molar refractivity (Wildman–Crippen MR) is 36.0 cm³/mol. The fraction of sp³-hybridized carbons (Fsp3) is 0.750. The van der Waals surface area contributed by atoms with Gasteiger partial charge in [0.1, 0.15) is 6.61 Å². The van der Waals surface area contributed by atoms with Crippen molar-refractivity contribution >= 4 is 13.8 Å². The van der Waals surface area contributed by atoms with Crippen LogP contribution < -0.4 is 0 Å². The Labute approximate surface area is 68.2 Å². The van der Waals surface area contributed by atoms with Crippen molar-refractivity contribution in [1.82, 2.24) is 0 Å². The summed E-state index contributed by atoms with van der Waals surface area (Å²) in [6, 6.07) is 0. The first-order valence-electron chi connectivity index (χ1n) is 2.92. The van der Waals surface area contributed by atoms with Crippen molar-refractivity contribution in [2.75, 3.05) is 19.8 Å². The Balaban J connectivity index is 3.51. The fourth-order valence-electron chi connectivity index (χ4n) is 0.338. The molecule has 72 valence electrons. The van der Waals surface area contributed by atoms with Crippen molar-refractivity contribution in [1.29, 1.82) is 0 Å². The molecule has 0 aliphatic heterocycles. The lowest BCUT2D eigenvalue weighted by molar-refractivity contribution is -0.147.